The van der Waals surface area contributed by atoms with Crippen molar-refractivity contribution in [1.29, 1.82) is 0 Å². The minimum absolute atomic E-state index is 0.331. The number of aliphatic hydroxyl groups excluding tert-OH is 1. The summed E-state index contributed by atoms with van der Waals surface area (Å²) in [5.74, 6) is 0.717. The average Bonchev–Trinajstić information content (AvgIpc) is 2.11. The van der Waals surface area contributed by atoms with Gasteiger partial charge in [-0.05, 0) is 6.42 Å². The van der Waals surface area contributed by atoms with Crippen LogP contribution in [0.1, 0.15) is 32.6 Å². The van der Waals surface area contributed by atoms with Gasteiger partial charge in [0.25, 0.3) is 0 Å². The maximum absolute atomic E-state index is 8.60. The van der Waals surface area contributed by atoms with Crippen LogP contribution in [0.4, 0.5) is 0 Å². The predicted octanol–water partition coefficient (Wildman–Crippen LogP) is 2.66. The van der Waals surface area contributed by atoms with Crippen molar-refractivity contribution in [2.24, 2.45) is 0 Å². The topological polar surface area (TPSA) is 20.2 Å². The van der Waals surface area contributed by atoms with Crippen molar-refractivity contribution in [3.05, 3.63) is 12.7 Å². The molecule has 0 saturated heterocycles. The molecular weight excluding hydrogens is 147 g/mol. The molecule has 0 aromatic rings. The lowest BCUT2D eigenvalue weighted by atomic mass is 9.59. The van der Waals surface area contributed by atoms with Crippen molar-refractivity contribution >= 4 is 7.28 Å². The van der Waals surface area contributed by atoms with Crippen LogP contribution in [0.25, 0.3) is 0 Å². The van der Waals surface area contributed by atoms with Crippen molar-refractivity contribution < 1.29 is 5.11 Å². The molecule has 12 heavy (non-hydrogen) atoms. The summed E-state index contributed by atoms with van der Waals surface area (Å²) in [5.41, 5.74) is 0. The van der Waals surface area contributed by atoms with E-state index in [0.29, 0.717) is 6.61 Å². The highest BCUT2D eigenvalue weighted by Crippen LogP contribution is 2.18. The minimum Gasteiger partial charge on any atom is -0.396 e. The molecule has 0 saturated carbocycles. The average molecular weight is 167 g/mol. The summed E-state index contributed by atoms with van der Waals surface area (Å²) in [5, 5.41) is 8.60. The highest BCUT2D eigenvalue weighted by Gasteiger charge is 2.05. The smallest absolute Gasteiger partial charge is 0.118 e. The van der Waals surface area contributed by atoms with Gasteiger partial charge >= 0.3 is 0 Å². The molecule has 0 heterocycles. The molecule has 1 radical (unpaired) electrons. The summed E-state index contributed by atoms with van der Waals surface area (Å²) in [4.78, 5) is 0. The van der Waals surface area contributed by atoms with Gasteiger partial charge in [0.15, 0.2) is 0 Å². The Labute approximate surface area is 77.1 Å². The van der Waals surface area contributed by atoms with E-state index in [2.05, 4.69) is 20.8 Å². The number of aliphatic hydroxyl groups is 1. The normalized spacial score (nSPS) is 12.5. The van der Waals surface area contributed by atoms with E-state index in [1.165, 1.54) is 12.8 Å². The zero-order valence-electron chi connectivity index (χ0n) is 8.13. The van der Waals surface area contributed by atoms with Gasteiger partial charge in [0.05, 0.1) is 0 Å². The molecule has 0 aliphatic rings. The van der Waals surface area contributed by atoms with E-state index in [1.54, 1.807) is 0 Å². The molecule has 0 rings (SSSR count). The van der Waals surface area contributed by atoms with Gasteiger partial charge in [0, 0.05) is 6.61 Å². The molecule has 2 heteroatoms. The van der Waals surface area contributed by atoms with Crippen LogP contribution in [-0.4, -0.2) is 19.0 Å². The molecule has 0 amide bonds. The van der Waals surface area contributed by atoms with Crippen LogP contribution in [0.3, 0.4) is 0 Å². The van der Waals surface area contributed by atoms with Gasteiger partial charge < -0.3 is 5.11 Å². The zero-order valence-corrected chi connectivity index (χ0v) is 8.13. The van der Waals surface area contributed by atoms with Crippen LogP contribution in [0.15, 0.2) is 12.7 Å². The van der Waals surface area contributed by atoms with Crippen LogP contribution < -0.4 is 0 Å². The van der Waals surface area contributed by atoms with Crippen molar-refractivity contribution in [3.63, 3.8) is 0 Å². The second kappa shape index (κ2) is 8.86. The van der Waals surface area contributed by atoms with E-state index in [9.17, 15) is 0 Å². The molecule has 0 aromatic heterocycles. The largest absolute Gasteiger partial charge is 0.396 e. The second-order valence-corrected chi connectivity index (χ2v) is 3.15. The van der Waals surface area contributed by atoms with E-state index >= 15 is 0 Å². The Bertz CT molecular complexity index is 104. The van der Waals surface area contributed by atoms with E-state index < -0.39 is 0 Å². The monoisotopic (exact) mass is 167 g/mol. The lowest BCUT2D eigenvalue weighted by Gasteiger charge is -2.11. The van der Waals surface area contributed by atoms with Gasteiger partial charge in [0.1, 0.15) is 7.28 Å². The third-order valence-corrected chi connectivity index (χ3v) is 2.14. The molecule has 0 aromatic carbocycles. The molecule has 0 bridgehead atoms. The summed E-state index contributed by atoms with van der Waals surface area (Å²) in [6.07, 6.45) is 7.46. The predicted molar refractivity (Wildman–Crippen MR) is 55.7 cm³/mol. The Morgan fingerprint density at radius 3 is 2.75 bits per heavy atom. The van der Waals surface area contributed by atoms with Gasteiger partial charge in [-0.15, -0.1) is 6.58 Å². The first kappa shape index (κ1) is 11.8. The lowest BCUT2D eigenvalue weighted by molar-refractivity contribution is 0.282. The first-order valence-corrected chi connectivity index (χ1v) is 4.90. The summed E-state index contributed by atoms with van der Waals surface area (Å²) < 4.78 is 0. The fourth-order valence-electron chi connectivity index (χ4n) is 1.30. The summed E-state index contributed by atoms with van der Waals surface area (Å²) in [6, 6.07) is 0. The molecule has 0 aliphatic heterocycles. The Kier molecular flexibility index (Phi) is 8.68. The lowest BCUT2D eigenvalue weighted by Crippen LogP contribution is -2.01. The fraction of sp³-hybridized carbons (Fsp3) is 0.800. The number of allylic oxidation sites excluding steroid dienone is 1. The van der Waals surface area contributed by atoms with Crippen molar-refractivity contribution in [3.8, 4) is 0 Å². The molecule has 0 spiro atoms. The summed E-state index contributed by atoms with van der Waals surface area (Å²) in [7, 11) is 2.32. The van der Waals surface area contributed by atoms with Crippen molar-refractivity contribution in [2.45, 2.75) is 44.7 Å². The molecule has 1 N–H and O–H groups in total. The number of rotatable bonds is 8. The van der Waals surface area contributed by atoms with E-state index in [4.69, 9.17) is 5.11 Å². The van der Waals surface area contributed by atoms with Gasteiger partial charge in [-0.2, -0.15) is 0 Å². The molecule has 0 unspecified atom stereocenters. The molecule has 0 fully saturated rings. The Balaban J connectivity index is 3.32. The van der Waals surface area contributed by atoms with Crippen molar-refractivity contribution in [1.82, 2.24) is 0 Å². The zero-order chi connectivity index (χ0) is 9.23. The number of hydrogen-bond acceptors (Lipinski definition) is 1. The Hall–Kier alpha value is -0.235. The van der Waals surface area contributed by atoms with E-state index in [-0.39, 0.29) is 0 Å². The third-order valence-electron chi connectivity index (χ3n) is 2.14. The second-order valence-electron chi connectivity index (χ2n) is 3.15. The highest BCUT2D eigenvalue weighted by molar-refractivity contribution is 6.38. The minimum atomic E-state index is 0.331. The van der Waals surface area contributed by atoms with Crippen LogP contribution in [-0.2, 0) is 0 Å². The highest BCUT2D eigenvalue weighted by atomic mass is 16.2. The SMILES string of the molecule is C=CC[B][C@H](CC)CCCCO. The third kappa shape index (κ3) is 6.47. The number of hydrogen-bond donors (Lipinski definition) is 1. The van der Waals surface area contributed by atoms with E-state index in [0.717, 1.165) is 25.0 Å². The maximum atomic E-state index is 8.60. The van der Waals surface area contributed by atoms with Gasteiger partial charge in [-0.3, -0.25) is 0 Å². The van der Waals surface area contributed by atoms with Crippen LogP contribution >= 0.6 is 0 Å². The number of unbranched alkanes of at least 4 members (excludes halogenated alkanes) is 1. The Morgan fingerprint density at radius 2 is 2.25 bits per heavy atom. The van der Waals surface area contributed by atoms with Crippen LogP contribution in [0.2, 0.25) is 12.1 Å². The molecule has 1 nitrogen and oxygen atoms in total. The molecule has 0 aliphatic carbocycles. The fourth-order valence-corrected chi connectivity index (χ4v) is 1.30. The van der Waals surface area contributed by atoms with Crippen LogP contribution in [0, 0.1) is 0 Å². The quantitative estimate of drug-likeness (QED) is 0.334. The van der Waals surface area contributed by atoms with E-state index in [1.807, 2.05) is 6.08 Å². The summed E-state index contributed by atoms with van der Waals surface area (Å²) >= 11 is 0. The van der Waals surface area contributed by atoms with Gasteiger partial charge in [0.2, 0.25) is 0 Å². The van der Waals surface area contributed by atoms with Crippen molar-refractivity contribution in [2.75, 3.05) is 6.61 Å². The van der Waals surface area contributed by atoms with Crippen LogP contribution in [0.5, 0.6) is 0 Å². The maximum Gasteiger partial charge on any atom is 0.118 e. The first-order chi connectivity index (χ1) is 5.85. The molecule has 1 atom stereocenters. The van der Waals surface area contributed by atoms with Gasteiger partial charge in [-0.25, -0.2) is 0 Å². The van der Waals surface area contributed by atoms with Gasteiger partial charge in [-0.1, -0.05) is 44.4 Å². The molecular formula is C10H20BO. The summed E-state index contributed by atoms with van der Waals surface area (Å²) in [6.45, 7) is 6.23. The Morgan fingerprint density at radius 1 is 1.50 bits per heavy atom. The standard InChI is InChI=1S/C10H20BO/c1-3-8-11-10(4-2)7-5-6-9-12/h3,10,12H,1,4-9H2,2H3/t10-/m1/s1. The molecule has 69 valence electrons. The first-order valence-electron chi connectivity index (χ1n) is 4.90.